The SMILES string of the molecule is CC(C)(C)CC(C)(C)NC(=O)O.CC(C)(C)CC(C)(C)NC(=O)O.CC(C)(C)CC(C)(C)OC#N.O.O.[CH2-][C@@H]1CCCC[C@H]1[NH-].[CH2-][C@@H]1CCCC[C@H]1[NH-].[Cl][Pt+2][Cl].[Cl][Pt+2][Cl]. The van der Waals surface area contributed by atoms with Crippen LogP contribution in [0.3, 0.4) is 0 Å². The second-order valence-electron chi connectivity index (χ2n) is 20.2. The molecule has 4 atom stereocenters. The van der Waals surface area contributed by atoms with Gasteiger partial charge in [0.25, 0.3) is 6.26 Å². The molecule has 0 bridgehead atoms. The molecule has 10 N–H and O–H groups in total. The van der Waals surface area contributed by atoms with Crippen molar-refractivity contribution in [2.45, 2.75) is 203 Å². The summed E-state index contributed by atoms with van der Waals surface area (Å²) in [4.78, 5) is 20.8. The molecule has 0 aromatic carbocycles. The second-order valence-corrected chi connectivity index (χ2v) is 26.8. The van der Waals surface area contributed by atoms with Crippen LogP contribution in [0.2, 0.25) is 0 Å². The van der Waals surface area contributed by atoms with Crippen LogP contribution in [-0.2, 0) is 37.7 Å². The van der Waals surface area contributed by atoms with Crippen LogP contribution in [-0.4, -0.2) is 62.1 Å². The third-order valence-electron chi connectivity index (χ3n) is 7.93. The molecule has 18 heteroatoms. The van der Waals surface area contributed by atoms with Gasteiger partial charge in [0.15, 0.2) is 0 Å². The standard InChI is InChI=1S/2C9H19NO2.C9H17NO.2C7H13N.4ClH.2H2O.2Pt/c2*1-8(2,3)6-9(4,5)10-7(11)12;1-8(2,3)6-9(4,5)11-7-10;2*1-6-4-2-3-5-7(6)8;;;;;;;;/h2*10H,6H2,1-5H3,(H,11,12);6H2,1-5H3;2*6-8H,1-5H2;4*1H;2*1H2;;/q;;;2*-2;;;;;;;2*+4/p-4/t;;;2*6-,7-;;;;;;;;/m...11......../s1. The van der Waals surface area contributed by atoms with Gasteiger partial charge in [-0.3, -0.25) is 0 Å². The average Bonchev–Trinajstić information content (AvgIpc) is 2.93. The topological polar surface area (TPSA) is 242 Å². The number of halogens is 4. The van der Waals surface area contributed by atoms with Crippen molar-refractivity contribution in [1.82, 2.24) is 10.6 Å². The maximum atomic E-state index is 10.4. The molecule has 2 rings (SSSR count). The minimum atomic E-state index is -0.954. The fourth-order valence-corrected chi connectivity index (χ4v) is 7.17. The number of carbonyl (C=O) groups is 2. The van der Waals surface area contributed by atoms with E-state index in [0.29, 0.717) is 11.8 Å². The Bertz CT molecular complexity index is 989. The van der Waals surface area contributed by atoms with E-state index in [1.54, 1.807) is 6.26 Å². The van der Waals surface area contributed by atoms with E-state index in [1.165, 1.54) is 38.5 Å². The van der Waals surface area contributed by atoms with Gasteiger partial charge in [0.2, 0.25) is 0 Å². The molecule has 2 fully saturated rings. The zero-order valence-corrected chi connectivity index (χ0v) is 46.3. The minimum absolute atomic E-state index is 0. The van der Waals surface area contributed by atoms with E-state index < -0.39 is 45.1 Å². The molecule has 0 aliphatic heterocycles. The van der Waals surface area contributed by atoms with E-state index in [-0.39, 0.29) is 56.0 Å². The van der Waals surface area contributed by atoms with Crippen molar-refractivity contribution in [2.24, 2.45) is 28.1 Å². The van der Waals surface area contributed by atoms with E-state index in [4.69, 9.17) is 69.4 Å². The summed E-state index contributed by atoms with van der Waals surface area (Å²) < 4.78 is 4.91. The van der Waals surface area contributed by atoms with E-state index >= 15 is 0 Å². The summed E-state index contributed by atoms with van der Waals surface area (Å²) in [7, 11) is 19.5. The Morgan fingerprint density at radius 3 is 1.02 bits per heavy atom. The molecule has 0 unspecified atom stereocenters. The Morgan fingerprint density at radius 2 is 0.864 bits per heavy atom. The van der Waals surface area contributed by atoms with Gasteiger partial charge in [0, 0.05) is 11.1 Å². The monoisotopic (exact) mass is 1290 g/mol. The van der Waals surface area contributed by atoms with Crippen molar-refractivity contribution in [3.8, 4) is 6.26 Å². The first-order valence-corrected chi connectivity index (χ1v) is 30.5. The van der Waals surface area contributed by atoms with Gasteiger partial charge in [-0.25, -0.2) is 9.59 Å². The average molecular weight is 1290 g/mol. The summed E-state index contributed by atoms with van der Waals surface area (Å²) in [6, 6.07) is 0.285. The molecule has 59 heavy (non-hydrogen) atoms. The quantitative estimate of drug-likeness (QED) is 0.149. The van der Waals surface area contributed by atoms with E-state index in [9.17, 15) is 9.59 Å². The van der Waals surface area contributed by atoms with Crippen LogP contribution in [0.5, 0.6) is 0 Å². The molecular weight excluding hydrogens is 1210 g/mol. The van der Waals surface area contributed by atoms with E-state index in [1.807, 2.05) is 41.5 Å². The Morgan fingerprint density at radius 1 is 0.627 bits per heavy atom. The fourth-order valence-electron chi connectivity index (χ4n) is 7.17. The Hall–Kier alpha value is 0.207. The third-order valence-corrected chi connectivity index (χ3v) is 7.93. The molecule has 0 radical (unpaired) electrons. The molecule has 0 spiro atoms. The molecule has 2 amide bonds. The number of nitrogens with zero attached hydrogens (tertiary/aromatic N) is 1. The van der Waals surface area contributed by atoms with Crippen LogP contribution in [0.1, 0.15) is 174 Å². The molecule has 364 valence electrons. The van der Waals surface area contributed by atoms with Gasteiger partial charge in [0.05, 0.1) is 0 Å². The van der Waals surface area contributed by atoms with Gasteiger partial charge in [-0.2, -0.15) is 29.2 Å². The number of nitrogens with one attached hydrogen (secondary N) is 4. The summed E-state index contributed by atoms with van der Waals surface area (Å²) in [5.74, 6) is 0.840. The summed E-state index contributed by atoms with van der Waals surface area (Å²) >= 11 is -0.944. The number of rotatable bonds is 6. The van der Waals surface area contributed by atoms with Gasteiger partial charge in [0.1, 0.15) is 5.60 Å². The molecule has 0 aromatic heterocycles. The fraction of sp³-hybridized carbons (Fsp3) is 0.878. The molecule has 0 heterocycles. The first-order chi connectivity index (χ1) is 25.5. The number of ether oxygens (including phenoxy) is 1. The van der Waals surface area contributed by atoms with Gasteiger partial charge in [-0.05, 0) is 77.0 Å². The summed E-state index contributed by atoms with van der Waals surface area (Å²) in [6.45, 7) is 38.2. The van der Waals surface area contributed by atoms with Gasteiger partial charge >= 0.3 is 82.8 Å². The number of amides is 2. The van der Waals surface area contributed by atoms with Crippen LogP contribution in [0.25, 0.3) is 11.5 Å². The van der Waals surface area contributed by atoms with Crippen molar-refractivity contribution in [3.05, 3.63) is 25.3 Å². The maximum absolute atomic E-state index is 10.4. The van der Waals surface area contributed by atoms with Crippen LogP contribution in [0.15, 0.2) is 0 Å². The molecule has 0 saturated heterocycles. The van der Waals surface area contributed by atoms with Crippen molar-refractivity contribution in [2.75, 3.05) is 0 Å². The van der Waals surface area contributed by atoms with Crippen molar-refractivity contribution >= 4 is 49.9 Å². The molecular formula is C41H85Cl4N5O7Pt2. The predicted octanol–water partition coefficient (Wildman–Crippen LogP) is 13.6. The number of carboxylic acid groups (broad SMARTS) is 2. The Balaban J connectivity index is -0.000000110. The second kappa shape index (κ2) is 37.6. The van der Waals surface area contributed by atoms with Crippen LogP contribution >= 0.6 is 37.7 Å². The van der Waals surface area contributed by atoms with Gasteiger partial charge in [-0.15, -0.1) is 0 Å². The Labute approximate surface area is 394 Å². The third kappa shape index (κ3) is 62.6. The van der Waals surface area contributed by atoms with Crippen molar-refractivity contribution in [1.29, 1.82) is 5.26 Å². The Kier molecular flexibility index (Phi) is 46.9. The first-order valence-electron chi connectivity index (χ1n) is 19.3. The summed E-state index contributed by atoms with van der Waals surface area (Å²) in [5, 5.41) is 30.4. The molecule has 0 aromatic rings. The summed E-state index contributed by atoms with van der Waals surface area (Å²) in [6.07, 6.45) is 12.0. The van der Waals surface area contributed by atoms with Crippen molar-refractivity contribution < 1.29 is 68.5 Å². The van der Waals surface area contributed by atoms with Gasteiger partial charge < -0.3 is 61.9 Å². The molecule has 12 nitrogen and oxygen atoms in total. The number of hydrogen-bond donors (Lipinski definition) is 4. The predicted molar refractivity (Wildman–Crippen MR) is 245 cm³/mol. The number of nitriles is 1. The number of hydrogen-bond acceptors (Lipinski definition) is 4. The molecule has 2 aliphatic rings. The molecule has 2 saturated carbocycles. The van der Waals surface area contributed by atoms with Gasteiger partial charge in [-0.1, -0.05) is 114 Å². The first kappa shape index (κ1) is 73.6. The summed E-state index contributed by atoms with van der Waals surface area (Å²) in [5.41, 5.74) is 14.3. The van der Waals surface area contributed by atoms with Crippen molar-refractivity contribution in [3.63, 3.8) is 0 Å². The molecule has 2 aliphatic carbocycles. The van der Waals surface area contributed by atoms with E-state index in [2.05, 4.69) is 86.8 Å². The normalized spacial score (nSPS) is 19.0. The van der Waals surface area contributed by atoms with Crippen LogP contribution in [0.4, 0.5) is 9.59 Å². The van der Waals surface area contributed by atoms with Crippen LogP contribution in [0, 0.1) is 53.4 Å². The zero-order chi connectivity index (χ0) is 46.5. The van der Waals surface area contributed by atoms with Crippen LogP contribution < -0.4 is 10.6 Å². The zero-order valence-electron chi connectivity index (χ0n) is 38.7. The van der Waals surface area contributed by atoms with E-state index in [0.717, 1.165) is 32.1 Å².